The fourth-order valence-corrected chi connectivity index (χ4v) is 2.21. The summed E-state index contributed by atoms with van der Waals surface area (Å²) in [4.78, 5) is 11.6. The molecule has 0 aliphatic rings. The fraction of sp³-hybridized carbons (Fsp3) is 0.444. The van der Waals surface area contributed by atoms with Crippen molar-refractivity contribution in [1.82, 2.24) is 15.5 Å². The molecule has 7 nitrogen and oxygen atoms in total. The molecule has 0 spiro atoms. The second-order valence-electron chi connectivity index (χ2n) is 6.10. The number of anilines is 1. The van der Waals surface area contributed by atoms with E-state index >= 15 is 0 Å². The van der Waals surface area contributed by atoms with Crippen molar-refractivity contribution in [3.63, 3.8) is 0 Å². The molecular weight excluding hydrogens is 320 g/mol. The van der Waals surface area contributed by atoms with E-state index in [0.29, 0.717) is 36.1 Å². The molecule has 7 heteroatoms. The highest BCUT2D eigenvalue weighted by Gasteiger charge is 2.13. The molecule has 0 bridgehead atoms. The van der Waals surface area contributed by atoms with Crippen LogP contribution in [0.25, 0.3) is 11.3 Å². The third kappa shape index (κ3) is 5.88. The molecule has 25 heavy (non-hydrogen) atoms. The van der Waals surface area contributed by atoms with Gasteiger partial charge in [0.2, 0.25) is 5.91 Å². The first-order valence-corrected chi connectivity index (χ1v) is 8.48. The summed E-state index contributed by atoms with van der Waals surface area (Å²) in [6.45, 7) is 6.46. The van der Waals surface area contributed by atoms with Gasteiger partial charge in [0.1, 0.15) is 18.5 Å². The van der Waals surface area contributed by atoms with Crippen LogP contribution < -0.4 is 15.4 Å². The number of aliphatic hydroxyl groups is 1. The molecule has 0 saturated heterocycles. The predicted molar refractivity (Wildman–Crippen MR) is 97.6 cm³/mol. The van der Waals surface area contributed by atoms with Crippen LogP contribution in [0, 0.1) is 0 Å². The molecule has 2 rings (SSSR count). The van der Waals surface area contributed by atoms with Crippen molar-refractivity contribution in [3.8, 4) is 17.0 Å². The zero-order chi connectivity index (χ0) is 18.2. The minimum Gasteiger partial charge on any atom is -0.490 e. The van der Waals surface area contributed by atoms with Gasteiger partial charge in [-0.2, -0.15) is 5.10 Å². The Morgan fingerprint density at radius 3 is 2.80 bits per heavy atom. The molecule has 1 heterocycles. The summed E-state index contributed by atoms with van der Waals surface area (Å²) >= 11 is 0. The lowest BCUT2D eigenvalue weighted by Crippen LogP contribution is -2.35. The minimum atomic E-state index is -0.617. The molecule has 1 aromatic heterocycles. The normalized spacial score (nSPS) is 12.2. The highest BCUT2D eigenvalue weighted by Crippen LogP contribution is 2.31. The van der Waals surface area contributed by atoms with E-state index in [2.05, 4.69) is 20.8 Å². The van der Waals surface area contributed by atoms with E-state index in [0.717, 1.165) is 5.56 Å². The molecule has 136 valence electrons. The van der Waals surface area contributed by atoms with Crippen molar-refractivity contribution in [2.75, 3.05) is 18.5 Å². The molecule has 2 aromatic rings. The van der Waals surface area contributed by atoms with Crippen LogP contribution in [0.5, 0.6) is 5.75 Å². The molecule has 0 saturated carbocycles. The number of ether oxygens (including phenoxy) is 1. The summed E-state index contributed by atoms with van der Waals surface area (Å²) in [5.41, 5.74) is 2.13. The highest BCUT2D eigenvalue weighted by molar-refractivity contribution is 5.91. The average Bonchev–Trinajstić information content (AvgIpc) is 3.13. The largest absolute Gasteiger partial charge is 0.490 e. The maximum Gasteiger partial charge on any atom is 0.224 e. The number of aromatic amines is 1. The van der Waals surface area contributed by atoms with Crippen molar-refractivity contribution in [2.45, 2.75) is 39.3 Å². The van der Waals surface area contributed by atoms with Crippen LogP contribution in [0.2, 0.25) is 0 Å². The first kappa shape index (κ1) is 19.0. The first-order chi connectivity index (χ1) is 12.0. The molecule has 0 aliphatic heterocycles. The van der Waals surface area contributed by atoms with Crippen molar-refractivity contribution in [2.24, 2.45) is 0 Å². The van der Waals surface area contributed by atoms with E-state index < -0.39 is 6.10 Å². The number of nitrogens with one attached hydrogen (secondary N) is 3. The van der Waals surface area contributed by atoms with Gasteiger partial charge in [-0.25, -0.2) is 0 Å². The second-order valence-corrected chi connectivity index (χ2v) is 6.10. The van der Waals surface area contributed by atoms with Gasteiger partial charge in [-0.1, -0.05) is 20.8 Å². The first-order valence-electron chi connectivity index (χ1n) is 8.48. The fourth-order valence-electron chi connectivity index (χ4n) is 2.21. The van der Waals surface area contributed by atoms with Crippen molar-refractivity contribution in [1.29, 1.82) is 0 Å². The Bertz CT molecular complexity index is 671. The predicted octanol–water partition coefficient (Wildman–Crippen LogP) is 2.16. The quantitative estimate of drug-likeness (QED) is 0.558. The van der Waals surface area contributed by atoms with E-state index in [1.807, 2.05) is 26.0 Å². The third-order valence-corrected chi connectivity index (χ3v) is 3.55. The molecule has 0 radical (unpaired) electrons. The molecule has 0 aliphatic carbocycles. The van der Waals surface area contributed by atoms with E-state index in [1.165, 1.54) is 0 Å². The van der Waals surface area contributed by atoms with Crippen LogP contribution in [0.3, 0.4) is 0 Å². The Labute approximate surface area is 147 Å². The van der Waals surface area contributed by atoms with Crippen LogP contribution in [0.15, 0.2) is 30.5 Å². The molecule has 4 N–H and O–H groups in total. The zero-order valence-electron chi connectivity index (χ0n) is 14.9. The molecule has 1 atom stereocenters. The van der Waals surface area contributed by atoms with E-state index in [4.69, 9.17) is 4.74 Å². The highest BCUT2D eigenvalue weighted by atomic mass is 16.5. The van der Waals surface area contributed by atoms with Gasteiger partial charge in [-0.3, -0.25) is 9.89 Å². The second kappa shape index (κ2) is 9.19. The maximum atomic E-state index is 11.6. The molecule has 0 fully saturated rings. The van der Waals surface area contributed by atoms with E-state index in [1.54, 1.807) is 25.3 Å². The number of aliphatic hydroxyl groups excluding tert-OH is 1. The van der Waals surface area contributed by atoms with Gasteiger partial charge in [0.15, 0.2) is 0 Å². The van der Waals surface area contributed by atoms with Gasteiger partial charge in [0.25, 0.3) is 0 Å². The topological polar surface area (TPSA) is 99.3 Å². The minimum absolute atomic E-state index is 0.0585. The SMILES string of the molecule is CCC(=O)Nc1ccc(OCC(O)CNC(C)C)c(-c2cc[nH]n2)c1. The van der Waals surface area contributed by atoms with Gasteiger partial charge in [0, 0.05) is 36.5 Å². The Balaban J connectivity index is 2.12. The third-order valence-electron chi connectivity index (χ3n) is 3.55. The molecule has 1 aromatic carbocycles. The van der Waals surface area contributed by atoms with Gasteiger partial charge >= 0.3 is 0 Å². The van der Waals surface area contributed by atoms with Gasteiger partial charge in [-0.15, -0.1) is 0 Å². The summed E-state index contributed by atoms with van der Waals surface area (Å²) in [6.07, 6.45) is 1.51. The smallest absolute Gasteiger partial charge is 0.224 e. The summed E-state index contributed by atoms with van der Waals surface area (Å²) < 4.78 is 5.78. The Hall–Kier alpha value is -2.38. The lowest BCUT2D eigenvalue weighted by atomic mass is 10.1. The van der Waals surface area contributed by atoms with E-state index in [9.17, 15) is 9.90 Å². The lowest BCUT2D eigenvalue weighted by Gasteiger charge is -2.17. The van der Waals surface area contributed by atoms with Crippen molar-refractivity contribution >= 4 is 11.6 Å². The Kier molecular flexibility index (Phi) is 6.97. The summed E-state index contributed by atoms with van der Waals surface area (Å²) in [5.74, 6) is 0.544. The number of amides is 1. The van der Waals surface area contributed by atoms with Crippen LogP contribution in [0.4, 0.5) is 5.69 Å². The number of benzene rings is 1. The number of rotatable bonds is 9. The van der Waals surface area contributed by atoms with Crippen LogP contribution in [0.1, 0.15) is 27.2 Å². The number of carbonyl (C=O) groups is 1. The summed E-state index contributed by atoms with van der Waals surface area (Å²) in [6, 6.07) is 7.49. The number of hydrogen-bond donors (Lipinski definition) is 4. The number of nitrogens with zero attached hydrogens (tertiary/aromatic N) is 1. The van der Waals surface area contributed by atoms with Crippen LogP contribution in [-0.2, 0) is 4.79 Å². The molecule has 1 unspecified atom stereocenters. The van der Waals surface area contributed by atoms with Gasteiger partial charge in [-0.05, 0) is 24.3 Å². The Morgan fingerprint density at radius 2 is 2.16 bits per heavy atom. The molecular formula is C18H26N4O3. The number of hydrogen-bond acceptors (Lipinski definition) is 5. The number of carbonyl (C=O) groups excluding carboxylic acids is 1. The average molecular weight is 346 g/mol. The Morgan fingerprint density at radius 1 is 1.36 bits per heavy atom. The maximum absolute atomic E-state index is 11.6. The van der Waals surface area contributed by atoms with Gasteiger partial charge in [0.05, 0.1) is 5.69 Å². The number of aromatic nitrogens is 2. The molecule has 1 amide bonds. The van der Waals surface area contributed by atoms with Crippen molar-refractivity contribution < 1.29 is 14.6 Å². The monoisotopic (exact) mass is 346 g/mol. The van der Waals surface area contributed by atoms with Crippen LogP contribution >= 0.6 is 0 Å². The lowest BCUT2D eigenvalue weighted by molar-refractivity contribution is -0.115. The van der Waals surface area contributed by atoms with Crippen LogP contribution in [-0.4, -0.2) is 46.5 Å². The standard InChI is InChI=1S/C18H26N4O3/c1-4-18(24)21-13-5-6-17(15(9-13)16-7-8-20-22-16)25-11-14(23)10-19-12(2)3/h5-9,12,14,19,23H,4,10-11H2,1-3H3,(H,20,22)(H,21,24). The number of H-pyrrole nitrogens is 1. The van der Waals surface area contributed by atoms with Gasteiger partial charge < -0.3 is 20.5 Å². The zero-order valence-corrected chi connectivity index (χ0v) is 14.9. The summed E-state index contributed by atoms with van der Waals surface area (Å²) in [7, 11) is 0. The van der Waals surface area contributed by atoms with Crippen molar-refractivity contribution in [3.05, 3.63) is 30.5 Å². The van der Waals surface area contributed by atoms with E-state index in [-0.39, 0.29) is 12.5 Å². The summed E-state index contributed by atoms with van der Waals surface area (Å²) in [5, 5.41) is 23.0.